The SMILES string of the molecule is N#Cc1ccccc1C[C@@H]1COCC[C@@H]1NC1CC1. The Balaban J connectivity index is 1.70. The van der Waals surface area contributed by atoms with Crippen molar-refractivity contribution in [3.05, 3.63) is 35.4 Å². The number of rotatable bonds is 4. The summed E-state index contributed by atoms with van der Waals surface area (Å²) in [5.41, 5.74) is 1.96. The van der Waals surface area contributed by atoms with Gasteiger partial charge in [-0.05, 0) is 37.3 Å². The highest BCUT2D eigenvalue weighted by Crippen LogP contribution is 2.26. The van der Waals surface area contributed by atoms with Crippen LogP contribution < -0.4 is 5.32 Å². The van der Waals surface area contributed by atoms with Gasteiger partial charge >= 0.3 is 0 Å². The fourth-order valence-corrected chi connectivity index (χ4v) is 2.86. The maximum absolute atomic E-state index is 9.17. The zero-order valence-electron chi connectivity index (χ0n) is 11.1. The summed E-state index contributed by atoms with van der Waals surface area (Å²) in [6, 6.07) is 11.5. The number of hydrogen-bond acceptors (Lipinski definition) is 3. The molecule has 1 aliphatic carbocycles. The number of ether oxygens (including phenoxy) is 1. The molecule has 2 atom stereocenters. The number of hydrogen-bond donors (Lipinski definition) is 1. The second-order valence-corrected chi connectivity index (χ2v) is 5.64. The van der Waals surface area contributed by atoms with Gasteiger partial charge in [-0.1, -0.05) is 18.2 Å². The normalized spacial score (nSPS) is 26.9. The van der Waals surface area contributed by atoms with Crippen molar-refractivity contribution in [2.24, 2.45) is 5.92 Å². The monoisotopic (exact) mass is 256 g/mol. The lowest BCUT2D eigenvalue weighted by atomic mass is 9.88. The van der Waals surface area contributed by atoms with Gasteiger partial charge in [0.05, 0.1) is 18.2 Å². The van der Waals surface area contributed by atoms with E-state index in [1.54, 1.807) is 0 Å². The molecule has 1 aromatic rings. The average Bonchev–Trinajstić information content (AvgIpc) is 3.26. The Morgan fingerprint density at radius 1 is 1.26 bits per heavy atom. The van der Waals surface area contributed by atoms with Crippen molar-refractivity contribution in [1.82, 2.24) is 5.32 Å². The molecule has 0 aromatic heterocycles. The highest BCUT2D eigenvalue weighted by molar-refractivity contribution is 5.37. The number of benzene rings is 1. The van der Waals surface area contributed by atoms with Crippen LogP contribution in [0.15, 0.2) is 24.3 Å². The van der Waals surface area contributed by atoms with Gasteiger partial charge in [-0.15, -0.1) is 0 Å². The zero-order valence-corrected chi connectivity index (χ0v) is 11.1. The van der Waals surface area contributed by atoms with E-state index in [1.165, 1.54) is 12.8 Å². The molecule has 1 aliphatic heterocycles. The Morgan fingerprint density at radius 2 is 2.11 bits per heavy atom. The van der Waals surface area contributed by atoms with E-state index >= 15 is 0 Å². The average molecular weight is 256 g/mol. The Hall–Kier alpha value is -1.37. The predicted molar refractivity (Wildman–Crippen MR) is 73.7 cm³/mol. The Morgan fingerprint density at radius 3 is 2.89 bits per heavy atom. The zero-order chi connectivity index (χ0) is 13.1. The minimum atomic E-state index is 0.490. The van der Waals surface area contributed by atoms with Gasteiger partial charge in [-0.3, -0.25) is 0 Å². The first-order valence-electron chi connectivity index (χ1n) is 7.18. The first-order chi connectivity index (χ1) is 9.36. The third-order valence-electron chi connectivity index (χ3n) is 4.12. The van der Waals surface area contributed by atoms with Crippen LogP contribution in [-0.4, -0.2) is 25.3 Å². The molecule has 2 aliphatic rings. The van der Waals surface area contributed by atoms with Gasteiger partial charge < -0.3 is 10.1 Å². The summed E-state index contributed by atoms with van der Waals surface area (Å²) in [7, 11) is 0. The van der Waals surface area contributed by atoms with Gasteiger partial charge in [-0.25, -0.2) is 0 Å². The summed E-state index contributed by atoms with van der Waals surface area (Å²) < 4.78 is 5.64. The summed E-state index contributed by atoms with van der Waals surface area (Å²) in [5.74, 6) is 0.490. The maximum atomic E-state index is 9.17. The van der Waals surface area contributed by atoms with Gasteiger partial charge in [0.1, 0.15) is 0 Å². The molecule has 1 aromatic carbocycles. The van der Waals surface area contributed by atoms with Crippen molar-refractivity contribution < 1.29 is 4.74 Å². The Kier molecular flexibility index (Phi) is 3.82. The van der Waals surface area contributed by atoms with Crippen LogP contribution in [0.5, 0.6) is 0 Å². The summed E-state index contributed by atoms with van der Waals surface area (Å²) in [4.78, 5) is 0. The second-order valence-electron chi connectivity index (χ2n) is 5.64. The molecule has 1 N–H and O–H groups in total. The molecule has 1 saturated carbocycles. The van der Waals surface area contributed by atoms with E-state index in [0.29, 0.717) is 12.0 Å². The second kappa shape index (κ2) is 5.73. The standard InChI is InChI=1S/C16H20N2O/c17-10-13-4-2-1-3-12(13)9-14-11-19-8-7-16(14)18-15-5-6-15/h1-4,14-16,18H,5-9,11H2/t14-,16+/m1/s1. The molecule has 100 valence electrons. The van der Waals surface area contributed by atoms with Crippen molar-refractivity contribution in [3.8, 4) is 6.07 Å². The molecule has 19 heavy (non-hydrogen) atoms. The van der Waals surface area contributed by atoms with E-state index in [9.17, 15) is 5.26 Å². The third-order valence-corrected chi connectivity index (χ3v) is 4.12. The van der Waals surface area contributed by atoms with E-state index < -0.39 is 0 Å². The van der Waals surface area contributed by atoms with Gasteiger partial charge in [0.15, 0.2) is 0 Å². The minimum Gasteiger partial charge on any atom is -0.381 e. The molecule has 2 fully saturated rings. The molecule has 0 bridgehead atoms. The van der Waals surface area contributed by atoms with Crippen LogP contribution >= 0.6 is 0 Å². The van der Waals surface area contributed by atoms with Gasteiger partial charge in [0.25, 0.3) is 0 Å². The van der Waals surface area contributed by atoms with Crippen molar-refractivity contribution >= 4 is 0 Å². The van der Waals surface area contributed by atoms with Crippen LogP contribution in [0.4, 0.5) is 0 Å². The maximum Gasteiger partial charge on any atom is 0.0994 e. The van der Waals surface area contributed by atoms with Gasteiger partial charge in [-0.2, -0.15) is 5.26 Å². The molecule has 3 heteroatoms. The van der Waals surface area contributed by atoms with E-state index in [0.717, 1.165) is 43.2 Å². The molecule has 3 nitrogen and oxygen atoms in total. The van der Waals surface area contributed by atoms with Crippen LogP contribution in [0.1, 0.15) is 30.4 Å². The van der Waals surface area contributed by atoms with Crippen molar-refractivity contribution in [3.63, 3.8) is 0 Å². The molecule has 0 amide bonds. The quantitative estimate of drug-likeness (QED) is 0.898. The van der Waals surface area contributed by atoms with Crippen LogP contribution in [0.2, 0.25) is 0 Å². The van der Waals surface area contributed by atoms with Crippen LogP contribution in [0, 0.1) is 17.2 Å². The highest BCUT2D eigenvalue weighted by Gasteiger charge is 2.31. The number of nitriles is 1. The first kappa shape index (κ1) is 12.7. The minimum absolute atomic E-state index is 0.490. The molecule has 0 radical (unpaired) electrons. The lowest BCUT2D eigenvalue weighted by molar-refractivity contribution is 0.0316. The fourth-order valence-electron chi connectivity index (χ4n) is 2.86. The number of nitrogens with zero attached hydrogens (tertiary/aromatic N) is 1. The highest BCUT2D eigenvalue weighted by atomic mass is 16.5. The van der Waals surface area contributed by atoms with Crippen molar-refractivity contribution in [2.75, 3.05) is 13.2 Å². The van der Waals surface area contributed by atoms with Crippen LogP contribution in [0.25, 0.3) is 0 Å². The molecule has 0 unspecified atom stereocenters. The van der Waals surface area contributed by atoms with Gasteiger partial charge in [0, 0.05) is 24.6 Å². The van der Waals surface area contributed by atoms with E-state index in [-0.39, 0.29) is 0 Å². The summed E-state index contributed by atoms with van der Waals surface area (Å²) >= 11 is 0. The van der Waals surface area contributed by atoms with E-state index in [2.05, 4.69) is 17.5 Å². The summed E-state index contributed by atoms with van der Waals surface area (Å²) in [5, 5.41) is 12.9. The van der Waals surface area contributed by atoms with Crippen LogP contribution in [0.3, 0.4) is 0 Å². The van der Waals surface area contributed by atoms with Crippen LogP contribution in [-0.2, 0) is 11.2 Å². The largest absolute Gasteiger partial charge is 0.381 e. The van der Waals surface area contributed by atoms with Crippen molar-refractivity contribution in [1.29, 1.82) is 5.26 Å². The summed E-state index contributed by atoms with van der Waals surface area (Å²) in [6.45, 7) is 1.67. The molecule has 3 rings (SSSR count). The molecule has 0 spiro atoms. The molecular weight excluding hydrogens is 236 g/mol. The predicted octanol–water partition coefficient (Wildman–Crippen LogP) is 2.26. The molecule has 1 heterocycles. The first-order valence-corrected chi connectivity index (χ1v) is 7.18. The Bertz CT molecular complexity index is 476. The fraction of sp³-hybridized carbons (Fsp3) is 0.562. The third kappa shape index (κ3) is 3.15. The molecule has 1 saturated heterocycles. The Labute approximate surface area is 114 Å². The van der Waals surface area contributed by atoms with E-state index in [1.807, 2.05) is 18.2 Å². The van der Waals surface area contributed by atoms with Crippen molar-refractivity contribution in [2.45, 2.75) is 37.8 Å². The molecular formula is C16H20N2O. The van der Waals surface area contributed by atoms with Gasteiger partial charge in [0.2, 0.25) is 0 Å². The number of nitrogens with one attached hydrogen (secondary N) is 1. The summed E-state index contributed by atoms with van der Waals surface area (Å²) in [6.07, 6.45) is 4.67. The van der Waals surface area contributed by atoms with E-state index in [4.69, 9.17) is 4.74 Å². The topological polar surface area (TPSA) is 45.0 Å². The lowest BCUT2D eigenvalue weighted by Crippen LogP contribution is -2.44. The lowest BCUT2D eigenvalue weighted by Gasteiger charge is -2.32. The smallest absolute Gasteiger partial charge is 0.0994 e.